The number of nitrogens with zero attached hydrogens (tertiary/aromatic N) is 3. The number of rotatable bonds is 10. The second kappa shape index (κ2) is 13.1. The van der Waals surface area contributed by atoms with Crippen molar-refractivity contribution >= 4 is 38.4 Å². The molecule has 0 spiro atoms. The summed E-state index contributed by atoms with van der Waals surface area (Å²) in [5.41, 5.74) is 2.96. The number of benzene rings is 2. The standard InChI is InChI=1S/C28H29BN5O5P/c1-3-39-28(37)17(2)34-40(38)21-13-9-19(10-14-21)24(18-7-11-20(29)12-8-18)32-26(35)22-16-31-25(33-27(22)36)23-6-4-5-15-30-23/h4-17,24,40H,3,29H2,1-2H3,(H,32,35)(H,34,38)(H,31,33,36)/t17-,24?/m0/s1. The fourth-order valence-electron chi connectivity index (χ4n) is 3.91. The second-order valence-electron chi connectivity index (χ2n) is 9.03. The van der Waals surface area contributed by atoms with Gasteiger partial charge in [-0.1, -0.05) is 60.1 Å². The van der Waals surface area contributed by atoms with Crippen molar-refractivity contribution in [1.29, 1.82) is 0 Å². The highest BCUT2D eigenvalue weighted by Crippen LogP contribution is 2.25. The summed E-state index contributed by atoms with van der Waals surface area (Å²) in [6, 6.07) is 18.5. The number of hydrogen-bond acceptors (Lipinski definition) is 8. The first-order valence-corrected chi connectivity index (χ1v) is 14.1. The summed E-state index contributed by atoms with van der Waals surface area (Å²) in [6.07, 6.45) is 2.85. The number of aromatic nitrogens is 3. The van der Waals surface area contributed by atoms with Gasteiger partial charge in [0.05, 0.1) is 12.6 Å². The Morgan fingerprint density at radius 1 is 1.02 bits per heavy atom. The Bertz CT molecular complexity index is 1500. The topological polar surface area (TPSA) is 143 Å². The molecule has 3 atom stereocenters. The number of esters is 1. The Labute approximate surface area is 233 Å². The van der Waals surface area contributed by atoms with Crippen LogP contribution in [0.1, 0.15) is 41.4 Å². The maximum atomic E-state index is 13.3. The number of pyridine rings is 1. The summed E-state index contributed by atoms with van der Waals surface area (Å²) in [5.74, 6) is -1.31. The van der Waals surface area contributed by atoms with Gasteiger partial charge in [0.2, 0.25) is 5.88 Å². The van der Waals surface area contributed by atoms with Crippen molar-refractivity contribution in [3.63, 3.8) is 0 Å². The number of nitrogens with one attached hydrogen (secondary N) is 2. The maximum absolute atomic E-state index is 13.3. The summed E-state index contributed by atoms with van der Waals surface area (Å²) >= 11 is 0. The molecule has 0 aliphatic carbocycles. The largest absolute Gasteiger partial charge is 0.493 e. The molecule has 4 rings (SSSR count). The van der Waals surface area contributed by atoms with Crippen LogP contribution in [0, 0.1) is 0 Å². The third-order valence-corrected chi connectivity index (χ3v) is 7.64. The number of amides is 1. The Balaban J connectivity index is 1.57. The highest BCUT2D eigenvalue weighted by atomic mass is 31.1. The van der Waals surface area contributed by atoms with E-state index in [0.717, 1.165) is 16.6 Å². The molecule has 40 heavy (non-hydrogen) atoms. The van der Waals surface area contributed by atoms with Gasteiger partial charge >= 0.3 is 5.97 Å². The van der Waals surface area contributed by atoms with Crippen LogP contribution in [0.15, 0.2) is 79.1 Å². The van der Waals surface area contributed by atoms with Crippen LogP contribution in [-0.2, 0) is 14.1 Å². The van der Waals surface area contributed by atoms with E-state index in [9.17, 15) is 19.3 Å². The van der Waals surface area contributed by atoms with Crippen LogP contribution in [-0.4, -0.2) is 52.4 Å². The molecule has 2 aromatic heterocycles. The highest BCUT2D eigenvalue weighted by molar-refractivity contribution is 7.51. The van der Waals surface area contributed by atoms with Gasteiger partial charge in [0, 0.05) is 17.7 Å². The van der Waals surface area contributed by atoms with E-state index in [1.165, 1.54) is 6.20 Å². The first-order valence-electron chi connectivity index (χ1n) is 12.7. The smallest absolute Gasteiger partial charge is 0.323 e. The van der Waals surface area contributed by atoms with Gasteiger partial charge in [-0.15, -0.1) is 0 Å². The third-order valence-electron chi connectivity index (χ3n) is 6.09. The number of aromatic hydroxyl groups is 1. The number of carbonyl (C=O) groups is 2. The Hall–Kier alpha value is -4.34. The lowest BCUT2D eigenvalue weighted by Gasteiger charge is -2.21. The lowest BCUT2D eigenvalue weighted by Crippen LogP contribution is -2.32. The van der Waals surface area contributed by atoms with Gasteiger partial charge in [-0.3, -0.25) is 19.7 Å². The fourth-order valence-corrected chi connectivity index (χ4v) is 5.06. The predicted molar refractivity (Wildman–Crippen MR) is 155 cm³/mol. The van der Waals surface area contributed by atoms with E-state index in [4.69, 9.17) is 4.74 Å². The van der Waals surface area contributed by atoms with E-state index in [0.29, 0.717) is 11.0 Å². The van der Waals surface area contributed by atoms with Gasteiger partial charge in [0.15, 0.2) is 13.8 Å². The first-order chi connectivity index (χ1) is 19.3. The van der Waals surface area contributed by atoms with Crippen molar-refractivity contribution in [2.75, 3.05) is 6.61 Å². The normalized spacial score (nSPS) is 13.2. The molecule has 204 valence electrons. The Morgan fingerprint density at radius 3 is 2.30 bits per heavy atom. The molecule has 0 bridgehead atoms. The van der Waals surface area contributed by atoms with E-state index in [1.54, 1.807) is 62.5 Å². The zero-order valence-electron chi connectivity index (χ0n) is 22.3. The molecule has 0 aliphatic heterocycles. The van der Waals surface area contributed by atoms with Gasteiger partial charge in [0.25, 0.3) is 5.91 Å². The van der Waals surface area contributed by atoms with E-state index < -0.39 is 37.8 Å². The minimum Gasteiger partial charge on any atom is -0.493 e. The molecule has 0 saturated carbocycles. The lowest BCUT2D eigenvalue weighted by atomic mass is 9.91. The summed E-state index contributed by atoms with van der Waals surface area (Å²) in [4.78, 5) is 37.6. The summed E-state index contributed by atoms with van der Waals surface area (Å²) in [7, 11) is -0.516. The van der Waals surface area contributed by atoms with Crippen LogP contribution in [0.3, 0.4) is 0 Å². The number of carbonyl (C=O) groups excluding carboxylic acids is 2. The van der Waals surface area contributed by atoms with Crippen molar-refractivity contribution in [3.05, 3.63) is 95.8 Å². The molecule has 10 nitrogen and oxygen atoms in total. The quantitative estimate of drug-likeness (QED) is 0.151. The zero-order chi connectivity index (χ0) is 28.6. The van der Waals surface area contributed by atoms with Crippen molar-refractivity contribution < 1.29 is 24.0 Å². The SMILES string of the molecule is Bc1ccc(C(NC(=O)c2cnc(-c3ccccn3)nc2O)c2ccc([PH](=O)N[C@@H](C)C(=O)OCC)cc2)cc1. The number of hydrogen-bond donors (Lipinski definition) is 3. The van der Waals surface area contributed by atoms with Gasteiger partial charge in [-0.2, -0.15) is 4.98 Å². The monoisotopic (exact) mass is 557 g/mol. The molecule has 1 amide bonds. The number of ether oxygens (including phenoxy) is 1. The molecule has 4 aromatic rings. The minimum atomic E-state index is -2.48. The molecule has 3 N–H and O–H groups in total. The van der Waals surface area contributed by atoms with Gasteiger partial charge in [-0.25, -0.2) is 4.98 Å². The summed E-state index contributed by atoms with van der Waals surface area (Å²) < 4.78 is 17.8. The van der Waals surface area contributed by atoms with Crippen LogP contribution in [0.5, 0.6) is 5.88 Å². The fraction of sp³-hybridized carbons (Fsp3) is 0.179. The molecule has 2 unspecified atom stereocenters. The molecule has 12 heteroatoms. The van der Waals surface area contributed by atoms with Crippen LogP contribution >= 0.6 is 7.95 Å². The summed E-state index contributed by atoms with van der Waals surface area (Å²) in [6.45, 7) is 3.55. The highest BCUT2D eigenvalue weighted by Gasteiger charge is 2.22. The van der Waals surface area contributed by atoms with E-state index in [2.05, 4.69) is 25.4 Å². The van der Waals surface area contributed by atoms with E-state index >= 15 is 0 Å². The molecular weight excluding hydrogens is 528 g/mol. The van der Waals surface area contributed by atoms with Crippen LogP contribution < -0.4 is 21.2 Å². The molecule has 2 heterocycles. The van der Waals surface area contributed by atoms with Crippen molar-refractivity contribution in [3.8, 4) is 17.4 Å². The molecule has 0 saturated heterocycles. The molecule has 0 radical (unpaired) electrons. The molecular formula is C28H29BN5O5P. The van der Waals surface area contributed by atoms with Crippen molar-refractivity contribution in [1.82, 2.24) is 25.4 Å². The van der Waals surface area contributed by atoms with Crippen molar-refractivity contribution in [2.45, 2.75) is 25.9 Å². The average Bonchev–Trinajstić information content (AvgIpc) is 2.97. The predicted octanol–water partition coefficient (Wildman–Crippen LogP) is 1.66. The third kappa shape index (κ3) is 6.99. The molecule has 0 aliphatic rings. The maximum Gasteiger partial charge on any atom is 0.323 e. The van der Waals surface area contributed by atoms with Crippen LogP contribution in [0.4, 0.5) is 0 Å². The van der Waals surface area contributed by atoms with Gasteiger partial charge in [-0.05, 0) is 37.1 Å². The first kappa shape index (κ1) is 28.7. The van der Waals surface area contributed by atoms with Gasteiger partial charge < -0.3 is 19.7 Å². The van der Waals surface area contributed by atoms with Gasteiger partial charge in [0.1, 0.15) is 25.1 Å². The lowest BCUT2D eigenvalue weighted by molar-refractivity contribution is -0.144. The molecule has 0 fully saturated rings. The minimum absolute atomic E-state index is 0.0874. The van der Waals surface area contributed by atoms with E-state index in [-0.39, 0.29) is 18.0 Å². The Kier molecular flexibility index (Phi) is 9.42. The van der Waals surface area contributed by atoms with Crippen LogP contribution in [0.25, 0.3) is 11.5 Å². The average molecular weight is 557 g/mol. The zero-order valence-corrected chi connectivity index (χ0v) is 23.3. The molecule has 2 aromatic carbocycles. The Morgan fingerprint density at radius 2 is 1.70 bits per heavy atom. The second-order valence-corrected chi connectivity index (χ2v) is 10.6. The summed E-state index contributed by atoms with van der Waals surface area (Å²) in [5, 5.41) is 16.8. The van der Waals surface area contributed by atoms with E-state index in [1.807, 2.05) is 32.1 Å². The van der Waals surface area contributed by atoms with Crippen LogP contribution in [0.2, 0.25) is 0 Å². The van der Waals surface area contributed by atoms with Crippen molar-refractivity contribution in [2.24, 2.45) is 0 Å².